The average Bonchev–Trinajstić information content (AvgIpc) is 3.31. The zero-order valence-corrected chi connectivity index (χ0v) is 14.0. The lowest BCUT2D eigenvalue weighted by Crippen LogP contribution is -2.26. The van der Waals surface area contributed by atoms with Gasteiger partial charge >= 0.3 is 0 Å². The first-order valence-corrected chi connectivity index (χ1v) is 8.24. The van der Waals surface area contributed by atoms with E-state index in [2.05, 4.69) is 29.5 Å². The Morgan fingerprint density at radius 1 is 1.30 bits per heavy atom. The maximum Gasteiger partial charge on any atom is 0.253 e. The van der Waals surface area contributed by atoms with Crippen molar-refractivity contribution >= 4 is 29.0 Å². The van der Waals surface area contributed by atoms with E-state index < -0.39 is 0 Å². The summed E-state index contributed by atoms with van der Waals surface area (Å²) in [7, 11) is 0. The lowest BCUT2D eigenvalue weighted by Gasteiger charge is -2.15. The molecular formula is C18H20ClN3O. The molecule has 2 aromatic rings. The molecule has 1 amide bonds. The molecule has 1 fully saturated rings. The summed E-state index contributed by atoms with van der Waals surface area (Å²) in [5, 5.41) is 6.92. The topological polar surface area (TPSA) is 54.0 Å². The molecule has 23 heavy (non-hydrogen) atoms. The molecule has 1 aromatic heterocycles. The minimum absolute atomic E-state index is 0.0296. The van der Waals surface area contributed by atoms with Gasteiger partial charge in [0, 0.05) is 22.9 Å². The Morgan fingerprint density at radius 3 is 2.74 bits per heavy atom. The predicted octanol–water partition coefficient (Wildman–Crippen LogP) is 4.49. The van der Waals surface area contributed by atoms with Gasteiger partial charge in [-0.25, -0.2) is 4.98 Å². The maximum atomic E-state index is 12.3. The molecule has 1 heterocycles. The van der Waals surface area contributed by atoms with Gasteiger partial charge in [-0.05, 0) is 48.6 Å². The molecule has 0 bridgehead atoms. The zero-order valence-electron chi connectivity index (χ0n) is 13.3. The van der Waals surface area contributed by atoms with Crippen LogP contribution < -0.4 is 10.6 Å². The number of hydrogen-bond donors (Lipinski definition) is 2. The second-order valence-electron chi connectivity index (χ2n) is 6.19. The van der Waals surface area contributed by atoms with Crippen LogP contribution in [0.4, 0.5) is 11.5 Å². The van der Waals surface area contributed by atoms with E-state index in [9.17, 15) is 4.79 Å². The van der Waals surface area contributed by atoms with Crippen molar-refractivity contribution in [3.8, 4) is 0 Å². The van der Waals surface area contributed by atoms with Crippen LogP contribution in [0.25, 0.3) is 0 Å². The van der Waals surface area contributed by atoms with Crippen molar-refractivity contribution in [1.82, 2.24) is 10.3 Å². The molecule has 2 N–H and O–H groups in total. The van der Waals surface area contributed by atoms with Crippen LogP contribution in [0.1, 0.15) is 48.5 Å². The summed E-state index contributed by atoms with van der Waals surface area (Å²) in [5.74, 6) is 0.912. The number of halogens is 1. The van der Waals surface area contributed by atoms with Gasteiger partial charge in [0.05, 0.1) is 5.56 Å². The van der Waals surface area contributed by atoms with Gasteiger partial charge in [-0.3, -0.25) is 4.79 Å². The number of nitrogens with one attached hydrogen (secondary N) is 2. The van der Waals surface area contributed by atoms with Crippen LogP contribution in [-0.2, 0) is 0 Å². The minimum atomic E-state index is -0.0296. The summed E-state index contributed by atoms with van der Waals surface area (Å²) in [6.45, 7) is 4.15. The summed E-state index contributed by atoms with van der Waals surface area (Å²) >= 11 is 6.00. The van der Waals surface area contributed by atoms with E-state index in [1.165, 1.54) is 0 Å². The zero-order chi connectivity index (χ0) is 16.4. The van der Waals surface area contributed by atoms with Crippen LogP contribution in [-0.4, -0.2) is 16.9 Å². The highest BCUT2D eigenvalue weighted by Gasteiger charge is 2.25. The number of benzene rings is 1. The molecule has 0 spiro atoms. The molecule has 3 rings (SSSR count). The molecule has 0 saturated heterocycles. The Hall–Kier alpha value is -2.07. The minimum Gasteiger partial charge on any atom is -0.349 e. The van der Waals surface area contributed by atoms with Gasteiger partial charge in [-0.2, -0.15) is 0 Å². The maximum absolute atomic E-state index is 12.3. The van der Waals surface area contributed by atoms with E-state index in [1.54, 1.807) is 6.20 Å². The van der Waals surface area contributed by atoms with E-state index in [-0.39, 0.29) is 11.8 Å². The molecule has 1 aromatic carbocycles. The first-order valence-electron chi connectivity index (χ1n) is 7.86. The first kappa shape index (κ1) is 15.8. The Kier molecular flexibility index (Phi) is 4.53. The van der Waals surface area contributed by atoms with Crippen LogP contribution >= 0.6 is 11.6 Å². The average molecular weight is 330 g/mol. The molecule has 0 aliphatic heterocycles. The molecule has 4 nitrogen and oxygen atoms in total. The van der Waals surface area contributed by atoms with Crippen molar-refractivity contribution in [3.05, 3.63) is 52.7 Å². The summed E-state index contributed by atoms with van der Waals surface area (Å²) in [6.07, 6.45) is 3.80. The number of nitrogens with zero attached hydrogens (tertiary/aromatic N) is 1. The number of carbonyl (C=O) groups excluding carboxylic acids is 1. The molecular weight excluding hydrogens is 310 g/mol. The number of hydrogen-bond acceptors (Lipinski definition) is 3. The first-order chi connectivity index (χ1) is 11.0. The van der Waals surface area contributed by atoms with Gasteiger partial charge < -0.3 is 10.6 Å². The van der Waals surface area contributed by atoms with E-state index >= 15 is 0 Å². The van der Waals surface area contributed by atoms with Crippen LogP contribution in [0, 0.1) is 0 Å². The third kappa shape index (κ3) is 4.02. The monoisotopic (exact) mass is 329 g/mol. The van der Waals surface area contributed by atoms with Crippen LogP contribution in [0.15, 0.2) is 36.5 Å². The SMILES string of the molecule is CC(C)c1cc(Nc2cccc(Cl)c2)ncc1C(=O)NC1CC1. The standard InChI is InChI=1S/C18H20ClN3O/c1-11(2)15-9-17(21-14-5-3-4-12(19)8-14)20-10-16(15)18(23)22-13-6-7-13/h3-5,8-11,13H,6-7H2,1-2H3,(H,20,21)(H,22,23). The van der Waals surface area contributed by atoms with Gasteiger partial charge in [-0.1, -0.05) is 31.5 Å². The molecule has 0 radical (unpaired) electrons. The Morgan fingerprint density at radius 2 is 2.09 bits per heavy atom. The summed E-state index contributed by atoms with van der Waals surface area (Å²) < 4.78 is 0. The highest BCUT2D eigenvalue weighted by Crippen LogP contribution is 2.26. The quantitative estimate of drug-likeness (QED) is 0.849. The van der Waals surface area contributed by atoms with Gasteiger partial charge in [0.2, 0.25) is 0 Å². The largest absolute Gasteiger partial charge is 0.349 e. The molecule has 0 atom stereocenters. The van der Waals surface area contributed by atoms with Crippen LogP contribution in [0.2, 0.25) is 5.02 Å². The van der Waals surface area contributed by atoms with Crippen molar-refractivity contribution in [3.63, 3.8) is 0 Å². The van der Waals surface area contributed by atoms with Crippen molar-refractivity contribution in [2.75, 3.05) is 5.32 Å². The smallest absolute Gasteiger partial charge is 0.253 e. The number of anilines is 2. The summed E-state index contributed by atoms with van der Waals surface area (Å²) in [6, 6.07) is 9.75. The summed E-state index contributed by atoms with van der Waals surface area (Å²) in [4.78, 5) is 16.7. The second kappa shape index (κ2) is 6.59. The molecule has 5 heteroatoms. The Labute approximate surface area is 141 Å². The molecule has 1 aliphatic rings. The summed E-state index contributed by atoms with van der Waals surface area (Å²) in [5.41, 5.74) is 2.51. The van der Waals surface area contributed by atoms with E-state index in [4.69, 9.17) is 11.6 Å². The molecule has 0 unspecified atom stereocenters. The number of rotatable bonds is 5. The van der Waals surface area contributed by atoms with Gasteiger partial charge in [0.15, 0.2) is 0 Å². The van der Waals surface area contributed by atoms with Crippen LogP contribution in [0.5, 0.6) is 0 Å². The molecule has 1 aliphatic carbocycles. The predicted molar refractivity (Wildman–Crippen MR) is 93.5 cm³/mol. The van der Waals surface area contributed by atoms with Crippen molar-refractivity contribution in [2.24, 2.45) is 0 Å². The Bertz CT molecular complexity index is 726. The number of pyridine rings is 1. The van der Waals surface area contributed by atoms with E-state index in [0.29, 0.717) is 22.4 Å². The number of aromatic nitrogens is 1. The fraction of sp³-hybridized carbons (Fsp3) is 0.333. The Balaban J connectivity index is 1.85. The van der Waals surface area contributed by atoms with Crippen molar-refractivity contribution in [1.29, 1.82) is 0 Å². The van der Waals surface area contributed by atoms with E-state index in [0.717, 1.165) is 24.1 Å². The highest BCUT2D eigenvalue weighted by atomic mass is 35.5. The third-order valence-corrected chi connectivity index (χ3v) is 4.05. The number of amides is 1. The highest BCUT2D eigenvalue weighted by molar-refractivity contribution is 6.30. The second-order valence-corrected chi connectivity index (χ2v) is 6.63. The fourth-order valence-corrected chi connectivity index (χ4v) is 2.60. The number of carbonyl (C=O) groups is 1. The van der Waals surface area contributed by atoms with E-state index in [1.807, 2.05) is 30.3 Å². The van der Waals surface area contributed by atoms with Gasteiger partial charge in [-0.15, -0.1) is 0 Å². The molecule has 1 saturated carbocycles. The molecule has 120 valence electrons. The van der Waals surface area contributed by atoms with Gasteiger partial charge in [0.25, 0.3) is 5.91 Å². The van der Waals surface area contributed by atoms with Crippen LogP contribution in [0.3, 0.4) is 0 Å². The lowest BCUT2D eigenvalue weighted by molar-refractivity contribution is 0.0949. The van der Waals surface area contributed by atoms with Gasteiger partial charge in [0.1, 0.15) is 5.82 Å². The fourth-order valence-electron chi connectivity index (χ4n) is 2.41. The lowest BCUT2D eigenvalue weighted by atomic mass is 9.98. The third-order valence-electron chi connectivity index (χ3n) is 3.81. The van der Waals surface area contributed by atoms with Crippen molar-refractivity contribution in [2.45, 2.75) is 38.6 Å². The normalized spacial score (nSPS) is 13.9. The van der Waals surface area contributed by atoms with Crippen molar-refractivity contribution < 1.29 is 4.79 Å².